The molecule has 0 saturated heterocycles. The molecule has 0 radical (unpaired) electrons. The average molecular weight is 246 g/mol. The van der Waals surface area contributed by atoms with E-state index in [0.29, 0.717) is 11.8 Å². The van der Waals surface area contributed by atoms with Crippen molar-refractivity contribution in [3.63, 3.8) is 0 Å². The van der Waals surface area contributed by atoms with Crippen LogP contribution in [0, 0.1) is 17.3 Å². The highest BCUT2D eigenvalue weighted by atomic mass is 16.5. The van der Waals surface area contributed by atoms with Crippen LogP contribution in [0.5, 0.6) is 0 Å². The number of esters is 1. The van der Waals surface area contributed by atoms with E-state index in [9.17, 15) is 9.90 Å². The normalized spacial score (nSPS) is 44.8. The molecule has 0 amide bonds. The van der Waals surface area contributed by atoms with Gasteiger partial charge in [-0.3, -0.25) is 0 Å². The van der Waals surface area contributed by atoms with Crippen molar-refractivity contribution >= 4 is 5.97 Å². The molecule has 4 rings (SSSR count). The summed E-state index contributed by atoms with van der Waals surface area (Å²) >= 11 is 0. The van der Waals surface area contributed by atoms with Gasteiger partial charge in [-0.15, -0.1) is 0 Å². The second-order valence-electron chi connectivity index (χ2n) is 6.45. The largest absolute Gasteiger partial charge is 0.454 e. The number of aliphatic hydroxyl groups excluding tert-OH is 1. The molecule has 1 heterocycles. The molecule has 0 aromatic heterocycles. The zero-order chi connectivity index (χ0) is 12.7. The Morgan fingerprint density at radius 2 is 2.28 bits per heavy atom. The summed E-state index contributed by atoms with van der Waals surface area (Å²) in [6, 6.07) is 0. The van der Waals surface area contributed by atoms with Crippen molar-refractivity contribution in [2.75, 3.05) is 6.61 Å². The van der Waals surface area contributed by atoms with E-state index in [1.807, 2.05) is 6.92 Å². The van der Waals surface area contributed by atoms with Crippen LogP contribution in [0.2, 0.25) is 0 Å². The highest BCUT2D eigenvalue weighted by Crippen LogP contribution is 2.69. The SMILES string of the molecule is CC1=C2CC3=C(CO)[C@H]4CC4[C@]3(C)C[C@@H]2OC1=O. The smallest absolute Gasteiger partial charge is 0.334 e. The van der Waals surface area contributed by atoms with Crippen LogP contribution < -0.4 is 0 Å². The molecule has 0 aromatic carbocycles. The Bertz CT molecular complexity index is 528. The molecule has 1 N–H and O–H groups in total. The fourth-order valence-electron chi connectivity index (χ4n) is 4.55. The zero-order valence-corrected chi connectivity index (χ0v) is 10.8. The molecule has 0 bridgehead atoms. The molecule has 18 heavy (non-hydrogen) atoms. The summed E-state index contributed by atoms with van der Waals surface area (Å²) in [6.07, 6.45) is 2.99. The molecular formula is C15H18O3. The number of fused-ring (bicyclic) bond motifs is 4. The van der Waals surface area contributed by atoms with E-state index in [1.54, 1.807) is 0 Å². The van der Waals surface area contributed by atoms with Gasteiger partial charge in [-0.25, -0.2) is 4.79 Å². The summed E-state index contributed by atoms with van der Waals surface area (Å²) < 4.78 is 5.49. The fourth-order valence-corrected chi connectivity index (χ4v) is 4.55. The van der Waals surface area contributed by atoms with Crippen molar-refractivity contribution in [2.24, 2.45) is 17.3 Å². The number of rotatable bonds is 1. The lowest BCUT2D eigenvalue weighted by Crippen LogP contribution is -2.33. The van der Waals surface area contributed by atoms with Crippen molar-refractivity contribution in [3.8, 4) is 0 Å². The predicted octanol–water partition coefficient (Wildman–Crippen LogP) is 1.97. The number of aliphatic hydroxyl groups is 1. The number of carbonyl (C=O) groups is 1. The van der Waals surface area contributed by atoms with Crippen LogP contribution in [0.1, 0.15) is 33.1 Å². The lowest BCUT2D eigenvalue weighted by Gasteiger charge is -2.39. The van der Waals surface area contributed by atoms with Crippen LogP contribution in [0.3, 0.4) is 0 Å². The lowest BCUT2D eigenvalue weighted by atomic mass is 9.67. The second-order valence-corrected chi connectivity index (χ2v) is 6.45. The standard InChI is InChI=1S/C15H18O3/c1-7-8-3-12-10(6-16)9-4-11(9)15(12,2)5-13(8)18-14(7)17/h9,11,13,16H,3-6H2,1-2H3/t9-,11?,13+,15+/m1/s1. The lowest BCUT2D eigenvalue weighted by molar-refractivity contribution is -0.141. The van der Waals surface area contributed by atoms with Gasteiger partial charge in [-0.2, -0.15) is 0 Å². The topological polar surface area (TPSA) is 46.5 Å². The Balaban J connectivity index is 1.82. The maximum absolute atomic E-state index is 11.7. The van der Waals surface area contributed by atoms with Crippen LogP contribution in [0.25, 0.3) is 0 Å². The molecular weight excluding hydrogens is 228 g/mol. The third-order valence-corrected chi connectivity index (χ3v) is 5.71. The first kappa shape index (κ1) is 10.8. The summed E-state index contributed by atoms with van der Waals surface area (Å²) in [5, 5.41) is 9.60. The van der Waals surface area contributed by atoms with Gasteiger partial charge in [0.05, 0.1) is 6.61 Å². The Morgan fingerprint density at radius 3 is 3.00 bits per heavy atom. The Kier molecular flexibility index (Phi) is 1.85. The van der Waals surface area contributed by atoms with E-state index >= 15 is 0 Å². The molecule has 3 heteroatoms. The third-order valence-electron chi connectivity index (χ3n) is 5.71. The van der Waals surface area contributed by atoms with Gasteiger partial charge in [0, 0.05) is 5.57 Å². The van der Waals surface area contributed by atoms with Gasteiger partial charge >= 0.3 is 5.97 Å². The van der Waals surface area contributed by atoms with Crippen molar-refractivity contribution in [2.45, 2.75) is 39.2 Å². The molecule has 3 aliphatic carbocycles. The van der Waals surface area contributed by atoms with E-state index in [2.05, 4.69) is 6.92 Å². The molecule has 2 fully saturated rings. The van der Waals surface area contributed by atoms with Crippen molar-refractivity contribution in [1.82, 2.24) is 0 Å². The maximum atomic E-state index is 11.7. The van der Waals surface area contributed by atoms with Gasteiger partial charge in [0.2, 0.25) is 0 Å². The van der Waals surface area contributed by atoms with Crippen LogP contribution in [-0.2, 0) is 9.53 Å². The van der Waals surface area contributed by atoms with Gasteiger partial charge in [-0.1, -0.05) is 12.5 Å². The first-order valence-electron chi connectivity index (χ1n) is 6.80. The van der Waals surface area contributed by atoms with Crippen LogP contribution in [0.4, 0.5) is 0 Å². The van der Waals surface area contributed by atoms with Gasteiger partial charge in [0.15, 0.2) is 0 Å². The number of ether oxygens (including phenoxy) is 1. The molecule has 4 aliphatic rings. The molecule has 0 spiro atoms. The minimum absolute atomic E-state index is 0.00513. The Labute approximate surface area is 107 Å². The monoisotopic (exact) mass is 246 g/mol. The molecule has 4 atom stereocenters. The van der Waals surface area contributed by atoms with Gasteiger partial charge in [-0.05, 0) is 54.6 Å². The fraction of sp³-hybridized carbons (Fsp3) is 0.667. The van der Waals surface area contributed by atoms with Crippen molar-refractivity contribution in [1.29, 1.82) is 0 Å². The van der Waals surface area contributed by atoms with Gasteiger partial charge < -0.3 is 9.84 Å². The van der Waals surface area contributed by atoms with E-state index in [0.717, 1.165) is 18.4 Å². The first-order valence-corrected chi connectivity index (χ1v) is 6.80. The van der Waals surface area contributed by atoms with Gasteiger partial charge in [0.25, 0.3) is 0 Å². The second kappa shape index (κ2) is 3.08. The Morgan fingerprint density at radius 1 is 1.50 bits per heavy atom. The highest BCUT2D eigenvalue weighted by molar-refractivity contribution is 5.92. The maximum Gasteiger partial charge on any atom is 0.334 e. The third kappa shape index (κ3) is 1.07. The van der Waals surface area contributed by atoms with E-state index in [-0.39, 0.29) is 24.1 Å². The summed E-state index contributed by atoms with van der Waals surface area (Å²) in [7, 11) is 0. The summed E-state index contributed by atoms with van der Waals surface area (Å²) in [4.78, 5) is 11.7. The molecule has 0 aromatic rings. The van der Waals surface area contributed by atoms with Crippen LogP contribution >= 0.6 is 0 Å². The van der Waals surface area contributed by atoms with E-state index in [4.69, 9.17) is 4.74 Å². The first-order chi connectivity index (χ1) is 8.56. The zero-order valence-electron chi connectivity index (χ0n) is 10.8. The number of hydrogen-bond donors (Lipinski definition) is 1. The van der Waals surface area contributed by atoms with Gasteiger partial charge in [0.1, 0.15) is 6.10 Å². The summed E-state index contributed by atoms with van der Waals surface area (Å²) in [6.45, 7) is 4.36. The van der Waals surface area contributed by atoms with Crippen molar-refractivity contribution in [3.05, 3.63) is 22.3 Å². The highest BCUT2D eigenvalue weighted by Gasteiger charge is 2.62. The number of hydrogen-bond acceptors (Lipinski definition) is 3. The quantitative estimate of drug-likeness (QED) is 0.568. The molecule has 1 aliphatic heterocycles. The molecule has 1 unspecified atom stereocenters. The molecule has 3 nitrogen and oxygen atoms in total. The average Bonchev–Trinajstić information content (AvgIpc) is 3.03. The van der Waals surface area contributed by atoms with Crippen LogP contribution in [0.15, 0.2) is 22.3 Å². The van der Waals surface area contributed by atoms with E-state index in [1.165, 1.54) is 23.1 Å². The summed E-state index contributed by atoms with van der Waals surface area (Å²) in [5.41, 5.74) is 4.81. The minimum atomic E-state index is -0.142. The molecule has 2 saturated carbocycles. The van der Waals surface area contributed by atoms with Crippen molar-refractivity contribution < 1.29 is 14.6 Å². The van der Waals surface area contributed by atoms with E-state index < -0.39 is 0 Å². The molecule has 96 valence electrons. The number of allylic oxidation sites excluding steroid dienone is 1. The predicted molar refractivity (Wildman–Crippen MR) is 65.6 cm³/mol. The summed E-state index contributed by atoms with van der Waals surface area (Å²) in [5.74, 6) is 1.17. The number of carbonyl (C=O) groups excluding carboxylic acids is 1. The van der Waals surface area contributed by atoms with Crippen LogP contribution in [-0.4, -0.2) is 23.8 Å². The Hall–Kier alpha value is -1.09. The minimum Gasteiger partial charge on any atom is -0.454 e.